The Hall–Kier alpha value is -1.20. The lowest BCUT2D eigenvalue weighted by molar-refractivity contribution is 1.21. The number of azide groups is 1. The highest BCUT2D eigenvalue weighted by Crippen LogP contribution is 1.62. The molecule has 0 saturated heterocycles. The average Bonchev–Trinajstić information content (AvgIpc) is 1.61. The van der Waals surface area contributed by atoms with E-state index in [-0.39, 0.29) is 6.54 Å². The van der Waals surface area contributed by atoms with Crippen LogP contribution in [-0.4, -0.2) is 6.54 Å². The van der Waals surface area contributed by atoms with Gasteiger partial charge in [0, 0.05) is 4.91 Å². The van der Waals surface area contributed by atoms with Gasteiger partial charge in [-0.25, -0.2) is 0 Å². The summed E-state index contributed by atoms with van der Waals surface area (Å²) in [5.41, 5.74) is 7.50. The van der Waals surface area contributed by atoms with Crippen LogP contribution in [0.2, 0.25) is 0 Å². The number of nitriles is 1. The molecule has 6 heavy (non-hydrogen) atoms. The number of nitrogens with zero attached hydrogens (tertiary/aromatic N) is 4. The Morgan fingerprint density at radius 1 is 2.00 bits per heavy atom. The van der Waals surface area contributed by atoms with Gasteiger partial charge in [0.05, 0.1) is 6.07 Å². The first kappa shape index (κ1) is 4.80. The third-order valence-corrected chi connectivity index (χ3v) is 0.205. The summed E-state index contributed by atoms with van der Waals surface area (Å²) in [7, 11) is 0. The molecule has 0 aliphatic carbocycles. The molecule has 0 aliphatic rings. The predicted octanol–water partition coefficient (Wildman–Crippen LogP) is 0.820. The summed E-state index contributed by atoms with van der Waals surface area (Å²) in [6.07, 6.45) is 0. The van der Waals surface area contributed by atoms with Gasteiger partial charge in [-0.1, -0.05) is 5.11 Å². The largest absolute Gasteiger partial charge is 0.198 e. The van der Waals surface area contributed by atoms with E-state index in [0.29, 0.717) is 0 Å². The zero-order chi connectivity index (χ0) is 4.83. The Bertz CT molecular complexity index is 103. The van der Waals surface area contributed by atoms with Crippen LogP contribution in [0.25, 0.3) is 10.4 Å². The van der Waals surface area contributed by atoms with Gasteiger partial charge in [-0.2, -0.15) is 5.26 Å². The summed E-state index contributed by atoms with van der Waals surface area (Å²) in [6.45, 7) is -0.0729. The van der Waals surface area contributed by atoms with Crippen molar-refractivity contribution in [2.45, 2.75) is 0 Å². The molecule has 0 aromatic rings. The molecule has 0 aromatic heterocycles. The summed E-state index contributed by atoms with van der Waals surface area (Å²) in [4.78, 5) is 2.33. The highest BCUT2D eigenvalue weighted by atomic mass is 15.1. The Morgan fingerprint density at radius 3 is 2.83 bits per heavy atom. The van der Waals surface area contributed by atoms with Gasteiger partial charge < -0.3 is 0 Å². The standard InChI is InChI=1S/C2H2N4/c3-1-2-5-6-4/h2H2. The lowest BCUT2D eigenvalue weighted by atomic mass is 10.8. The molecule has 0 aliphatic heterocycles. The van der Waals surface area contributed by atoms with Gasteiger partial charge in [0.1, 0.15) is 6.54 Å². The van der Waals surface area contributed by atoms with Crippen molar-refractivity contribution in [2.24, 2.45) is 5.11 Å². The maximum Gasteiger partial charge on any atom is 0.114 e. The maximum atomic E-state index is 7.68. The Morgan fingerprint density at radius 2 is 2.67 bits per heavy atom. The molecule has 0 saturated carbocycles. The van der Waals surface area contributed by atoms with Crippen molar-refractivity contribution in [1.82, 2.24) is 0 Å². The van der Waals surface area contributed by atoms with Crippen molar-refractivity contribution in [3.8, 4) is 6.07 Å². The SMILES string of the molecule is N#CCN=[N+]=[N-]. The van der Waals surface area contributed by atoms with Crippen LogP contribution in [0, 0.1) is 11.3 Å². The fraction of sp³-hybridized carbons (Fsp3) is 0.500. The van der Waals surface area contributed by atoms with Gasteiger partial charge in [0.2, 0.25) is 0 Å². The molecule has 0 heterocycles. The Labute approximate surface area is 34.6 Å². The third kappa shape index (κ3) is 2.80. The molecule has 0 unspecified atom stereocenters. The van der Waals surface area contributed by atoms with Crippen LogP contribution in [0.4, 0.5) is 0 Å². The minimum Gasteiger partial charge on any atom is -0.198 e. The van der Waals surface area contributed by atoms with Gasteiger partial charge in [-0.05, 0) is 5.53 Å². The molecule has 0 aromatic carbocycles. The molecule has 4 heteroatoms. The molecule has 0 amide bonds. The molecule has 0 spiro atoms. The van der Waals surface area contributed by atoms with Crippen LogP contribution < -0.4 is 0 Å². The lowest BCUT2D eigenvalue weighted by Crippen LogP contribution is -1.60. The summed E-state index contributed by atoms with van der Waals surface area (Å²) >= 11 is 0. The van der Waals surface area contributed by atoms with E-state index in [1.54, 1.807) is 6.07 Å². The van der Waals surface area contributed by atoms with Gasteiger partial charge >= 0.3 is 0 Å². The molecule has 0 radical (unpaired) electrons. The monoisotopic (exact) mass is 82.0 g/mol. The zero-order valence-corrected chi connectivity index (χ0v) is 3.00. The molecule has 4 nitrogen and oxygen atoms in total. The quantitative estimate of drug-likeness (QED) is 0.200. The molecule has 0 atom stereocenters. The van der Waals surface area contributed by atoms with Crippen LogP contribution in [0.1, 0.15) is 0 Å². The van der Waals surface area contributed by atoms with Crippen LogP contribution in [-0.2, 0) is 0 Å². The van der Waals surface area contributed by atoms with Crippen LogP contribution in [0.3, 0.4) is 0 Å². The van der Waals surface area contributed by atoms with Gasteiger partial charge in [-0.15, -0.1) is 0 Å². The number of hydrogen-bond donors (Lipinski definition) is 0. The third-order valence-electron chi connectivity index (χ3n) is 0.205. The minimum atomic E-state index is -0.0729. The van der Waals surface area contributed by atoms with E-state index in [1.165, 1.54) is 0 Å². The van der Waals surface area contributed by atoms with Crippen molar-refractivity contribution in [3.05, 3.63) is 10.4 Å². The van der Waals surface area contributed by atoms with Crippen LogP contribution in [0.15, 0.2) is 5.11 Å². The van der Waals surface area contributed by atoms with E-state index in [9.17, 15) is 0 Å². The minimum absolute atomic E-state index is 0.0729. The topological polar surface area (TPSA) is 72.5 Å². The van der Waals surface area contributed by atoms with E-state index in [0.717, 1.165) is 0 Å². The summed E-state index contributed by atoms with van der Waals surface area (Å²) in [5.74, 6) is 0. The van der Waals surface area contributed by atoms with E-state index >= 15 is 0 Å². The molecule has 0 bridgehead atoms. The van der Waals surface area contributed by atoms with Crippen molar-refractivity contribution in [1.29, 1.82) is 5.26 Å². The fourth-order valence-electron chi connectivity index (χ4n) is 0.0632. The van der Waals surface area contributed by atoms with Crippen molar-refractivity contribution in [3.63, 3.8) is 0 Å². The van der Waals surface area contributed by atoms with Crippen molar-refractivity contribution in [2.75, 3.05) is 6.54 Å². The Balaban J connectivity index is 3.16. The molecule has 0 N–H and O–H groups in total. The van der Waals surface area contributed by atoms with E-state index in [1.807, 2.05) is 0 Å². The van der Waals surface area contributed by atoms with Crippen LogP contribution in [0.5, 0.6) is 0 Å². The summed E-state index contributed by atoms with van der Waals surface area (Å²) < 4.78 is 0. The number of rotatable bonds is 1. The average molecular weight is 82.1 g/mol. The zero-order valence-electron chi connectivity index (χ0n) is 3.00. The maximum absolute atomic E-state index is 7.68. The first-order chi connectivity index (χ1) is 2.91. The second-order valence-electron chi connectivity index (χ2n) is 0.547. The number of hydrogen-bond acceptors (Lipinski definition) is 2. The fourth-order valence-corrected chi connectivity index (χ4v) is 0.0632. The van der Waals surface area contributed by atoms with Gasteiger partial charge in [0.15, 0.2) is 0 Å². The lowest BCUT2D eigenvalue weighted by Gasteiger charge is -1.55. The molecular weight excluding hydrogens is 80.0 g/mol. The van der Waals surface area contributed by atoms with Crippen molar-refractivity contribution < 1.29 is 0 Å². The normalized spacial score (nSPS) is 5.17. The first-order valence-electron chi connectivity index (χ1n) is 1.29. The highest BCUT2D eigenvalue weighted by molar-refractivity contribution is 4.72. The first-order valence-corrected chi connectivity index (χ1v) is 1.29. The van der Waals surface area contributed by atoms with Crippen LogP contribution >= 0.6 is 0 Å². The van der Waals surface area contributed by atoms with E-state index in [4.69, 9.17) is 10.8 Å². The van der Waals surface area contributed by atoms with Gasteiger partial charge in [-0.3, -0.25) is 0 Å². The molecular formula is C2H2N4. The summed E-state index contributed by atoms with van der Waals surface area (Å²) in [6, 6.07) is 1.65. The molecule has 0 rings (SSSR count). The smallest absolute Gasteiger partial charge is 0.114 e. The highest BCUT2D eigenvalue weighted by Gasteiger charge is 1.61. The summed E-state index contributed by atoms with van der Waals surface area (Å²) in [5, 5.41) is 10.6. The second-order valence-corrected chi connectivity index (χ2v) is 0.547. The predicted molar refractivity (Wildman–Crippen MR) is 19.6 cm³/mol. The van der Waals surface area contributed by atoms with Crippen molar-refractivity contribution >= 4 is 0 Å². The Kier molecular flexibility index (Phi) is 3.04. The molecule has 30 valence electrons. The van der Waals surface area contributed by atoms with Gasteiger partial charge in [0.25, 0.3) is 0 Å². The van der Waals surface area contributed by atoms with E-state index in [2.05, 4.69) is 10.0 Å². The second kappa shape index (κ2) is 3.80. The van der Waals surface area contributed by atoms with E-state index < -0.39 is 0 Å². The molecule has 0 fully saturated rings.